The Kier molecular flexibility index (Phi) is 7.36. The molecule has 9 heteroatoms. The Morgan fingerprint density at radius 2 is 1.79 bits per heavy atom. The fourth-order valence-corrected chi connectivity index (χ4v) is 6.40. The molecule has 3 N–H and O–H groups in total. The first-order chi connectivity index (χ1) is 16.4. The summed E-state index contributed by atoms with van der Waals surface area (Å²) < 4.78 is 8.10. The van der Waals surface area contributed by atoms with Gasteiger partial charge < -0.3 is 20.5 Å². The number of thiazole rings is 1. The van der Waals surface area contributed by atoms with Gasteiger partial charge in [0.05, 0.1) is 28.5 Å². The molecule has 2 fully saturated rings. The van der Waals surface area contributed by atoms with Crippen LogP contribution in [-0.2, 0) is 11.3 Å². The number of rotatable bonds is 6. The van der Waals surface area contributed by atoms with Gasteiger partial charge in [-0.3, -0.25) is 4.90 Å². The van der Waals surface area contributed by atoms with Gasteiger partial charge in [-0.25, -0.2) is 9.97 Å². The summed E-state index contributed by atoms with van der Waals surface area (Å²) in [6.45, 7) is 6.97. The lowest BCUT2D eigenvalue weighted by Gasteiger charge is -2.35. The second kappa shape index (κ2) is 10.5. The van der Waals surface area contributed by atoms with E-state index in [2.05, 4.69) is 63.5 Å². The molecule has 2 atom stereocenters. The van der Waals surface area contributed by atoms with Crippen LogP contribution in [0.5, 0.6) is 0 Å². The summed E-state index contributed by atoms with van der Waals surface area (Å²) >= 11 is 5.17. The molecule has 7 nitrogen and oxygen atoms in total. The molecule has 2 aliphatic rings. The van der Waals surface area contributed by atoms with E-state index in [1.807, 2.05) is 12.1 Å². The van der Waals surface area contributed by atoms with Crippen LogP contribution in [0.4, 0.5) is 16.8 Å². The number of hydrogen-bond donors (Lipinski definition) is 3. The lowest BCUT2D eigenvalue weighted by atomic mass is 9.93. The number of fused-ring (bicyclic) bond motifs is 1. The zero-order chi connectivity index (χ0) is 23.7. The summed E-state index contributed by atoms with van der Waals surface area (Å²) in [6.07, 6.45) is 3.90. The zero-order valence-electron chi connectivity index (χ0n) is 19.6. The highest BCUT2D eigenvalue weighted by molar-refractivity contribution is 9.10. The summed E-state index contributed by atoms with van der Waals surface area (Å²) in [5.74, 6) is 1.67. The van der Waals surface area contributed by atoms with Crippen LogP contribution in [0.15, 0.2) is 34.8 Å². The number of nitrogens with one attached hydrogen (secondary N) is 2. The number of ether oxygens (including phenoxy) is 1. The quantitative estimate of drug-likeness (QED) is 0.376. The van der Waals surface area contributed by atoms with Crippen LogP contribution in [-0.4, -0.2) is 57.4 Å². The average Bonchev–Trinajstić information content (AvgIpc) is 3.15. The maximum absolute atomic E-state index is 9.87. The van der Waals surface area contributed by atoms with Gasteiger partial charge in [-0.15, -0.1) is 0 Å². The van der Waals surface area contributed by atoms with Gasteiger partial charge in [0.25, 0.3) is 0 Å². The predicted octanol–water partition coefficient (Wildman–Crippen LogP) is 5.52. The van der Waals surface area contributed by atoms with Gasteiger partial charge in [0.1, 0.15) is 11.6 Å². The van der Waals surface area contributed by atoms with E-state index in [-0.39, 0.29) is 18.3 Å². The van der Waals surface area contributed by atoms with E-state index in [9.17, 15) is 5.11 Å². The van der Waals surface area contributed by atoms with Crippen molar-refractivity contribution in [3.05, 3.63) is 40.4 Å². The van der Waals surface area contributed by atoms with Crippen molar-refractivity contribution in [2.45, 2.75) is 70.4 Å². The molecule has 182 valence electrons. The molecule has 1 saturated heterocycles. The summed E-state index contributed by atoms with van der Waals surface area (Å²) in [5, 5.41) is 17.8. The van der Waals surface area contributed by atoms with Gasteiger partial charge in [0.2, 0.25) is 0 Å². The van der Waals surface area contributed by atoms with Crippen LogP contribution in [0.2, 0.25) is 0 Å². The fourth-order valence-electron chi connectivity index (χ4n) is 4.98. The third-order valence-corrected chi connectivity index (χ3v) is 7.85. The number of nitrogens with zero attached hydrogens (tertiary/aromatic N) is 3. The molecule has 3 aromatic rings. The monoisotopic (exact) mass is 545 g/mol. The van der Waals surface area contributed by atoms with Crippen molar-refractivity contribution in [2.24, 2.45) is 0 Å². The zero-order valence-corrected chi connectivity index (χ0v) is 22.0. The molecule has 1 aliphatic carbocycles. The first-order valence-corrected chi connectivity index (χ1v) is 13.7. The minimum atomic E-state index is -0.168. The standard InChI is InChI=1S/C25H32BrN5O2S/c1-15-12-31(13-16(2)33-15)14-17-9-23(27-19-4-6-20(32)7-5-19)29-24(10-17)30-25-28-21-8-3-18(26)11-22(21)34-25/h3,8-11,15-16,19-20,32H,4-7,12-14H2,1-2H3,(H2,27,28,29,30)/t15-,16+,19?,20?. The molecule has 2 aromatic heterocycles. The molecule has 3 heterocycles. The average molecular weight is 547 g/mol. The lowest BCUT2D eigenvalue weighted by Crippen LogP contribution is -2.44. The van der Waals surface area contributed by atoms with E-state index in [1.165, 1.54) is 5.56 Å². The number of aliphatic hydroxyl groups excluding tert-OH is 1. The largest absolute Gasteiger partial charge is 0.393 e. The normalized spacial score (nSPS) is 26.0. The van der Waals surface area contributed by atoms with Gasteiger partial charge in [-0.05, 0) is 75.4 Å². The Labute approximate surface area is 213 Å². The summed E-state index contributed by atoms with van der Waals surface area (Å²) in [5.41, 5.74) is 2.18. The van der Waals surface area contributed by atoms with Crippen LogP contribution in [0.25, 0.3) is 10.2 Å². The number of aliphatic hydroxyl groups is 1. The van der Waals surface area contributed by atoms with Crippen LogP contribution in [0, 0.1) is 0 Å². The van der Waals surface area contributed by atoms with Crippen LogP contribution >= 0.6 is 27.3 Å². The Balaban J connectivity index is 1.38. The highest BCUT2D eigenvalue weighted by atomic mass is 79.9. The molecule has 0 bridgehead atoms. The SMILES string of the molecule is C[C@@H]1CN(Cc2cc(Nc3nc4ccc(Br)cc4s3)nc(NC3CCC(O)CC3)c2)C[C@H](C)O1. The van der Waals surface area contributed by atoms with Crippen molar-refractivity contribution >= 4 is 54.3 Å². The van der Waals surface area contributed by atoms with Gasteiger partial charge in [-0.2, -0.15) is 0 Å². The van der Waals surface area contributed by atoms with Crippen molar-refractivity contribution in [1.29, 1.82) is 0 Å². The molecule has 34 heavy (non-hydrogen) atoms. The highest BCUT2D eigenvalue weighted by Gasteiger charge is 2.23. The first kappa shape index (κ1) is 23.9. The van der Waals surface area contributed by atoms with Crippen LogP contribution in [0.1, 0.15) is 45.1 Å². The molecule has 0 radical (unpaired) electrons. The van der Waals surface area contributed by atoms with Crippen molar-refractivity contribution in [2.75, 3.05) is 23.7 Å². The van der Waals surface area contributed by atoms with Gasteiger partial charge in [0, 0.05) is 30.1 Å². The summed E-state index contributed by atoms with van der Waals surface area (Å²) in [7, 11) is 0. The van der Waals surface area contributed by atoms with Crippen LogP contribution in [0.3, 0.4) is 0 Å². The van der Waals surface area contributed by atoms with E-state index in [0.717, 1.165) is 76.8 Å². The third-order valence-electron chi connectivity index (χ3n) is 6.42. The Morgan fingerprint density at radius 1 is 1.06 bits per heavy atom. The second-order valence-electron chi connectivity index (χ2n) is 9.60. The highest BCUT2D eigenvalue weighted by Crippen LogP contribution is 2.31. The molecular weight excluding hydrogens is 514 g/mol. The number of halogens is 1. The summed E-state index contributed by atoms with van der Waals surface area (Å²) in [4.78, 5) is 12.1. The van der Waals surface area contributed by atoms with Gasteiger partial charge in [-0.1, -0.05) is 27.3 Å². The van der Waals surface area contributed by atoms with Crippen molar-refractivity contribution < 1.29 is 9.84 Å². The van der Waals surface area contributed by atoms with Crippen molar-refractivity contribution in [3.8, 4) is 0 Å². The number of benzene rings is 1. The number of anilines is 3. The van der Waals surface area contributed by atoms with E-state index in [0.29, 0.717) is 6.04 Å². The van der Waals surface area contributed by atoms with Crippen molar-refractivity contribution in [1.82, 2.24) is 14.9 Å². The van der Waals surface area contributed by atoms with E-state index in [4.69, 9.17) is 14.7 Å². The van der Waals surface area contributed by atoms with Crippen LogP contribution < -0.4 is 10.6 Å². The van der Waals surface area contributed by atoms with Crippen molar-refractivity contribution in [3.63, 3.8) is 0 Å². The molecule has 5 rings (SSSR count). The predicted molar refractivity (Wildman–Crippen MR) is 142 cm³/mol. The number of morpholine rings is 1. The second-order valence-corrected chi connectivity index (χ2v) is 11.5. The molecule has 1 aromatic carbocycles. The van der Waals surface area contributed by atoms with E-state index < -0.39 is 0 Å². The third kappa shape index (κ3) is 6.07. The topological polar surface area (TPSA) is 82.5 Å². The number of aromatic nitrogens is 2. The number of hydrogen-bond acceptors (Lipinski definition) is 8. The maximum Gasteiger partial charge on any atom is 0.189 e. The van der Waals surface area contributed by atoms with Gasteiger partial charge in [0.15, 0.2) is 5.13 Å². The molecule has 1 aliphatic heterocycles. The Bertz CT molecular complexity index is 1120. The van der Waals surface area contributed by atoms with Gasteiger partial charge >= 0.3 is 0 Å². The molecular formula is C25H32BrN5O2S. The molecule has 0 unspecified atom stereocenters. The minimum Gasteiger partial charge on any atom is -0.393 e. The first-order valence-electron chi connectivity index (χ1n) is 12.1. The lowest BCUT2D eigenvalue weighted by molar-refractivity contribution is -0.0704. The molecule has 1 saturated carbocycles. The fraction of sp³-hybridized carbons (Fsp3) is 0.520. The smallest absolute Gasteiger partial charge is 0.189 e. The maximum atomic E-state index is 9.87. The van der Waals surface area contributed by atoms with E-state index in [1.54, 1.807) is 11.3 Å². The Morgan fingerprint density at radius 3 is 2.56 bits per heavy atom. The van der Waals surface area contributed by atoms with E-state index >= 15 is 0 Å². The molecule has 0 amide bonds. The molecule has 0 spiro atoms. The minimum absolute atomic E-state index is 0.168. The Hall–Kier alpha value is -1.78. The number of pyridine rings is 1. The summed E-state index contributed by atoms with van der Waals surface area (Å²) in [6, 6.07) is 10.8.